The van der Waals surface area contributed by atoms with E-state index in [0.717, 1.165) is 13.1 Å². The summed E-state index contributed by atoms with van der Waals surface area (Å²) < 4.78 is 0. The molecule has 4 N–H and O–H groups in total. The van der Waals surface area contributed by atoms with Gasteiger partial charge in [0.1, 0.15) is 0 Å². The third-order valence-corrected chi connectivity index (χ3v) is 3.67. The third kappa shape index (κ3) is 5.22. The van der Waals surface area contributed by atoms with E-state index < -0.39 is 11.6 Å². The summed E-state index contributed by atoms with van der Waals surface area (Å²) in [6, 6.07) is 6.03. The minimum Gasteiger partial charge on any atom is -0.389 e. The normalized spacial score (nSPS) is 16.2. The van der Waals surface area contributed by atoms with Gasteiger partial charge in [0.15, 0.2) is 0 Å². The summed E-state index contributed by atoms with van der Waals surface area (Å²) in [5, 5.41) is 12.3. The van der Waals surface area contributed by atoms with Crippen LogP contribution in [0.5, 0.6) is 0 Å². The molecule has 1 aliphatic heterocycles. The molecule has 0 bridgehead atoms. The molecule has 2 rings (SSSR count). The van der Waals surface area contributed by atoms with Crippen LogP contribution in [0.15, 0.2) is 24.3 Å². The van der Waals surface area contributed by atoms with E-state index in [1.165, 1.54) is 0 Å². The number of carbonyl (C=O) groups is 2. The maximum Gasteiger partial charge on any atom is 0.316 e. The number of rotatable bonds is 4. The van der Waals surface area contributed by atoms with Gasteiger partial charge in [0.05, 0.1) is 5.60 Å². The Hall–Kier alpha value is -2.12. The highest BCUT2D eigenvalue weighted by molar-refractivity contribution is 5.95. The topological polar surface area (TPSA) is 98.9 Å². The average Bonchev–Trinajstić information content (AvgIpc) is 2.46. The number of nitrogens with two attached hydrogens (primary N) is 1. The van der Waals surface area contributed by atoms with Gasteiger partial charge in [-0.05, 0) is 38.1 Å². The molecule has 126 valence electrons. The van der Waals surface area contributed by atoms with Crippen molar-refractivity contribution in [2.75, 3.05) is 38.0 Å². The van der Waals surface area contributed by atoms with Gasteiger partial charge in [-0.3, -0.25) is 9.69 Å². The summed E-state index contributed by atoms with van der Waals surface area (Å²) in [6.07, 6.45) is 0. The summed E-state index contributed by atoms with van der Waals surface area (Å²) in [6.45, 7) is 6.93. The lowest BCUT2D eigenvalue weighted by molar-refractivity contribution is 0.0178. The molecule has 0 aliphatic carbocycles. The predicted octanol–water partition coefficient (Wildman–Crippen LogP) is 0.706. The minimum atomic E-state index is -0.727. The summed E-state index contributed by atoms with van der Waals surface area (Å²) in [4.78, 5) is 27.2. The number of amides is 3. The first-order chi connectivity index (χ1) is 10.7. The molecule has 3 amide bonds. The first kappa shape index (κ1) is 17.2. The molecule has 0 radical (unpaired) electrons. The van der Waals surface area contributed by atoms with Gasteiger partial charge in [-0.1, -0.05) is 0 Å². The van der Waals surface area contributed by atoms with Gasteiger partial charge >= 0.3 is 6.03 Å². The molecule has 7 nitrogen and oxygen atoms in total. The molecule has 0 saturated carbocycles. The molecule has 0 aromatic heterocycles. The first-order valence-electron chi connectivity index (χ1n) is 7.65. The van der Waals surface area contributed by atoms with E-state index in [4.69, 9.17) is 5.73 Å². The standard InChI is InChI=1S/C16H24N4O3/c1-16(2,23)11-19-7-9-20(10-8-19)14(21)12-3-5-13(6-4-12)18-15(17)22/h3-6,23H,7-11H2,1-2H3,(H3,17,18,22). The van der Waals surface area contributed by atoms with Crippen LogP contribution >= 0.6 is 0 Å². The maximum atomic E-state index is 12.5. The lowest BCUT2D eigenvalue weighted by atomic mass is 10.1. The van der Waals surface area contributed by atoms with Gasteiger partial charge in [-0.25, -0.2) is 4.79 Å². The zero-order valence-electron chi connectivity index (χ0n) is 13.6. The van der Waals surface area contributed by atoms with Gasteiger partial charge in [0.25, 0.3) is 5.91 Å². The fourth-order valence-electron chi connectivity index (χ4n) is 2.68. The van der Waals surface area contributed by atoms with Gasteiger partial charge in [0, 0.05) is 44.0 Å². The number of hydrogen-bond acceptors (Lipinski definition) is 4. The average molecular weight is 320 g/mol. The molecule has 1 heterocycles. The zero-order chi connectivity index (χ0) is 17.0. The Morgan fingerprint density at radius 3 is 2.22 bits per heavy atom. The number of benzene rings is 1. The Balaban J connectivity index is 1.90. The quantitative estimate of drug-likeness (QED) is 0.760. The fraction of sp³-hybridized carbons (Fsp3) is 0.500. The summed E-state index contributed by atoms with van der Waals surface area (Å²) >= 11 is 0. The van der Waals surface area contributed by atoms with Crippen LogP contribution in [0.3, 0.4) is 0 Å². The number of piperazine rings is 1. The molecule has 1 aromatic carbocycles. The summed E-state index contributed by atoms with van der Waals surface area (Å²) in [5.74, 6) is -0.0291. The van der Waals surface area contributed by atoms with Crippen molar-refractivity contribution in [3.8, 4) is 0 Å². The molecular weight excluding hydrogens is 296 g/mol. The summed E-state index contributed by atoms with van der Waals surface area (Å²) in [5.41, 5.74) is 5.46. The SMILES string of the molecule is CC(C)(O)CN1CCN(C(=O)c2ccc(NC(N)=O)cc2)CC1. The molecule has 0 spiro atoms. The number of anilines is 1. The number of carbonyl (C=O) groups excluding carboxylic acids is 2. The molecular formula is C16H24N4O3. The van der Waals surface area contributed by atoms with Crippen LogP contribution < -0.4 is 11.1 Å². The lowest BCUT2D eigenvalue weighted by Gasteiger charge is -2.37. The van der Waals surface area contributed by atoms with Gasteiger partial charge in [-0.2, -0.15) is 0 Å². The molecule has 7 heteroatoms. The van der Waals surface area contributed by atoms with Crippen LogP contribution in [0.4, 0.5) is 10.5 Å². The fourth-order valence-corrected chi connectivity index (χ4v) is 2.68. The van der Waals surface area contributed by atoms with Crippen molar-refractivity contribution >= 4 is 17.6 Å². The number of hydrogen-bond donors (Lipinski definition) is 3. The van der Waals surface area contributed by atoms with Crippen molar-refractivity contribution in [2.45, 2.75) is 19.4 Å². The largest absolute Gasteiger partial charge is 0.389 e. The third-order valence-electron chi connectivity index (χ3n) is 3.67. The van der Waals surface area contributed by atoms with Crippen molar-refractivity contribution in [2.24, 2.45) is 5.73 Å². The first-order valence-corrected chi connectivity index (χ1v) is 7.65. The number of urea groups is 1. The Bertz CT molecular complexity index is 558. The van der Waals surface area contributed by atoms with E-state index in [-0.39, 0.29) is 5.91 Å². The van der Waals surface area contributed by atoms with Crippen molar-refractivity contribution in [3.63, 3.8) is 0 Å². The van der Waals surface area contributed by atoms with E-state index in [2.05, 4.69) is 10.2 Å². The molecule has 1 fully saturated rings. The van der Waals surface area contributed by atoms with Crippen LogP contribution in [0, 0.1) is 0 Å². The second kappa shape index (κ2) is 6.97. The number of nitrogens with zero attached hydrogens (tertiary/aromatic N) is 2. The Labute approximate surface area is 136 Å². The molecule has 1 aromatic rings. The molecule has 1 aliphatic rings. The molecule has 23 heavy (non-hydrogen) atoms. The summed E-state index contributed by atoms with van der Waals surface area (Å²) in [7, 11) is 0. The smallest absolute Gasteiger partial charge is 0.316 e. The number of primary amides is 1. The van der Waals surface area contributed by atoms with E-state index in [9.17, 15) is 14.7 Å². The van der Waals surface area contributed by atoms with E-state index in [1.54, 1.807) is 43.0 Å². The van der Waals surface area contributed by atoms with E-state index in [0.29, 0.717) is 30.9 Å². The molecule has 1 saturated heterocycles. The van der Waals surface area contributed by atoms with Crippen LogP contribution in [0.25, 0.3) is 0 Å². The second-order valence-corrected chi connectivity index (χ2v) is 6.45. The van der Waals surface area contributed by atoms with Gasteiger partial charge in [-0.15, -0.1) is 0 Å². The van der Waals surface area contributed by atoms with Gasteiger partial charge < -0.3 is 21.1 Å². The minimum absolute atomic E-state index is 0.0291. The van der Waals surface area contributed by atoms with Crippen molar-refractivity contribution in [1.29, 1.82) is 0 Å². The van der Waals surface area contributed by atoms with E-state index >= 15 is 0 Å². The number of aliphatic hydroxyl groups is 1. The number of β-amino-alcohol motifs (C(OH)–C–C–N with tert-alkyl or cyclic N) is 1. The molecule has 0 atom stereocenters. The Kier molecular flexibility index (Phi) is 5.23. The molecule has 0 unspecified atom stereocenters. The zero-order valence-corrected chi connectivity index (χ0v) is 13.6. The van der Waals surface area contributed by atoms with E-state index in [1.807, 2.05) is 0 Å². The van der Waals surface area contributed by atoms with Gasteiger partial charge in [0.2, 0.25) is 0 Å². The highest BCUT2D eigenvalue weighted by Crippen LogP contribution is 2.14. The lowest BCUT2D eigenvalue weighted by Crippen LogP contribution is -2.51. The monoisotopic (exact) mass is 320 g/mol. The predicted molar refractivity (Wildman–Crippen MR) is 88.3 cm³/mol. The van der Waals surface area contributed by atoms with Crippen LogP contribution in [-0.2, 0) is 0 Å². The highest BCUT2D eigenvalue weighted by atomic mass is 16.3. The van der Waals surface area contributed by atoms with Crippen molar-refractivity contribution < 1.29 is 14.7 Å². The Morgan fingerprint density at radius 2 is 1.74 bits per heavy atom. The second-order valence-electron chi connectivity index (χ2n) is 6.45. The number of nitrogens with one attached hydrogen (secondary N) is 1. The van der Waals surface area contributed by atoms with Crippen LogP contribution in [0.2, 0.25) is 0 Å². The maximum absolute atomic E-state index is 12.5. The Morgan fingerprint density at radius 1 is 1.17 bits per heavy atom. The highest BCUT2D eigenvalue weighted by Gasteiger charge is 2.25. The van der Waals surface area contributed by atoms with Crippen molar-refractivity contribution in [3.05, 3.63) is 29.8 Å². The van der Waals surface area contributed by atoms with Crippen molar-refractivity contribution in [1.82, 2.24) is 9.80 Å². The van der Waals surface area contributed by atoms with Crippen LogP contribution in [0.1, 0.15) is 24.2 Å². The van der Waals surface area contributed by atoms with Crippen LogP contribution in [-0.4, -0.2) is 65.2 Å².